The van der Waals surface area contributed by atoms with Gasteiger partial charge in [0.05, 0.1) is 33.5 Å². The predicted molar refractivity (Wildman–Crippen MR) is 274 cm³/mol. The van der Waals surface area contributed by atoms with Crippen LogP contribution in [0.4, 0.5) is 0 Å². The molecule has 0 radical (unpaired) electrons. The van der Waals surface area contributed by atoms with Crippen molar-refractivity contribution < 1.29 is 0 Å². The predicted octanol–water partition coefficient (Wildman–Crippen LogP) is 15.6. The first kappa shape index (κ1) is 37.0. The van der Waals surface area contributed by atoms with E-state index in [1.165, 1.54) is 71.9 Å². The lowest BCUT2D eigenvalue weighted by Gasteiger charge is -2.22. The van der Waals surface area contributed by atoms with Crippen LogP contribution in [-0.4, -0.2) is 18.5 Å². The maximum absolute atomic E-state index is 5.51. The Kier molecular flexibility index (Phi) is 7.71. The highest BCUT2D eigenvalue weighted by Gasteiger charge is 2.35. The minimum Gasteiger partial charge on any atom is -0.309 e. The Morgan fingerprint density at radius 3 is 1.82 bits per heavy atom. The molecule has 0 saturated heterocycles. The van der Waals surface area contributed by atoms with Crippen molar-refractivity contribution in [3.8, 4) is 56.0 Å². The lowest BCUT2D eigenvalue weighted by molar-refractivity contribution is 0.660. The van der Waals surface area contributed by atoms with Crippen LogP contribution in [0.3, 0.4) is 0 Å². The number of benzene rings is 9. The van der Waals surface area contributed by atoms with E-state index in [4.69, 9.17) is 4.98 Å². The monoisotopic (exact) mass is 842 g/mol. The van der Waals surface area contributed by atoms with Crippen molar-refractivity contribution in [2.45, 2.75) is 19.3 Å². The van der Waals surface area contributed by atoms with E-state index in [1.54, 1.807) is 0 Å². The molecular weight excluding hydrogens is 801 g/mol. The first-order valence-corrected chi connectivity index (χ1v) is 22.9. The van der Waals surface area contributed by atoms with E-state index < -0.39 is 0 Å². The van der Waals surface area contributed by atoms with Gasteiger partial charge in [-0.25, -0.2) is 4.98 Å². The summed E-state index contributed by atoms with van der Waals surface area (Å²) in [4.78, 5) is 5.51. The molecule has 0 atom stereocenters. The van der Waals surface area contributed by atoms with Crippen molar-refractivity contribution in [1.82, 2.24) is 18.5 Å². The fraction of sp³-hybridized carbons (Fsp3) is 0.0484. The van der Waals surface area contributed by atoms with Gasteiger partial charge in [-0.1, -0.05) is 166 Å². The third kappa shape index (κ3) is 5.24. The Hall–Kier alpha value is -8.47. The second-order valence-corrected chi connectivity index (χ2v) is 18.4. The van der Waals surface area contributed by atoms with Crippen LogP contribution in [0.5, 0.6) is 0 Å². The summed E-state index contributed by atoms with van der Waals surface area (Å²) in [6.45, 7) is 4.70. The second kappa shape index (κ2) is 13.8. The van der Waals surface area contributed by atoms with Crippen molar-refractivity contribution >= 4 is 50.3 Å². The molecule has 0 saturated carbocycles. The molecule has 14 rings (SSSR count). The highest BCUT2D eigenvalue weighted by atomic mass is 15.2. The van der Waals surface area contributed by atoms with Gasteiger partial charge in [-0.3, -0.25) is 8.97 Å². The van der Waals surface area contributed by atoms with Crippen molar-refractivity contribution in [3.63, 3.8) is 0 Å². The normalized spacial score (nSPS) is 14.1. The number of hydrogen-bond donors (Lipinski definition) is 0. The molecule has 0 bridgehead atoms. The molecular formula is C62H42N4. The molecule has 2 aliphatic carbocycles. The zero-order chi connectivity index (χ0) is 43.7. The Labute approximate surface area is 382 Å². The molecule has 3 heterocycles. The van der Waals surface area contributed by atoms with Crippen molar-refractivity contribution in [2.24, 2.45) is 0 Å². The van der Waals surface area contributed by atoms with Gasteiger partial charge in [0.1, 0.15) is 0 Å². The number of imidazole rings is 2. The first-order valence-electron chi connectivity index (χ1n) is 22.9. The average Bonchev–Trinajstić information content (AvgIpc) is 4.13. The lowest BCUT2D eigenvalue weighted by Crippen LogP contribution is -2.14. The molecule has 4 heteroatoms. The fourth-order valence-corrected chi connectivity index (χ4v) is 11.3. The van der Waals surface area contributed by atoms with Crippen molar-refractivity contribution in [3.05, 3.63) is 240 Å². The van der Waals surface area contributed by atoms with Gasteiger partial charge in [0.25, 0.3) is 0 Å². The van der Waals surface area contributed by atoms with Gasteiger partial charge in [0.15, 0.2) is 0 Å². The molecule has 0 fully saturated rings. The first-order chi connectivity index (χ1) is 32.5. The number of aromatic nitrogens is 4. The molecule has 3 aromatic heterocycles. The van der Waals surface area contributed by atoms with Gasteiger partial charge >= 0.3 is 0 Å². The highest BCUT2D eigenvalue weighted by molar-refractivity contribution is 6.11. The van der Waals surface area contributed by atoms with Gasteiger partial charge in [0.2, 0.25) is 5.78 Å². The third-order valence-electron chi connectivity index (χ3n) is 14.4. The van der Waals surface area contributed by atoms with Crippen LogP contribution in [0, 0.1) is 0 Å². The maximum atomic E-state index is 5.51. The molecule has 9 aromatic carbocycles. The van der Waals surface area contributed by atoms with E-state index in [9.17, 15) is 0 Å². The topological polar surface area (TPSA) is 27.2 Å². The van der Waals surface area contributed by atoms with Gasteiger partial charge in [0, 0.05) is 38.7 Å². The van der Waals surface area contributed by atoms with E-state index in [0.717, 1.165) is 56.3 Å². The van der Waals surface area contributed by atoms with Crippen LogP contribution in [0.15, 0.2) is 212 Å². The largest absolute Gasteiger partial charge is 0.309 e. The smallest absolute Gasteiger partial charge is 0.220 e. The summed E-state index contributed by atoms with van der Waals surface area (Å²) in [5.41, 5.74) is 24.0. The molecule has 2 aliphatic rings. The Morgan fingerprint density at radius 1 is 0.409 bits per heavy atom. The molecule has 0 unspecified atom stereocenters. The molecule has 66 heavy (non-hydrogen) atoms. The molecule has 310 valence electrons. The summed E-state index contributed by atoms with van der Waals surface area (Å²) in [5, 5.41) is 2.47. The van der Waals surface area contributed by atoms with Crippen LogP contribution in [0.25, 0.3) is 106 Å². The summed E-state index contributed by atoms with van der Waals surface area (Å²) >= 11 is 0. The van der Waals surface area contributed by atoms with E-state index in [1.807, 2.05) is 0 Å². The summed E-state index contributed by atoms with van der Waals surface area (Å²) < 4.78 is 7.12. The zero-order valence-corrected chi connectivity index (χ0v) is 36.6. The summed E-state index contributed by atoms with van der Waals surface area (Å²) in [5.74, 6) is 0.905. The minimum atomic E-state index is -0.0359. The molecule has 0 amide bonds. The number of hydrogen-bond acceptors (Lipinski definition) is 1. The SMILES string of the molecule is CC1(C)c2ccccc2-c2ccc(-c3ccc(-n4c5ccccc5c5cc(-c6ccc7c(c6)n(-c6ccccc6)c6nc8c(n76)-c6ccccc6/C8=C\c6ccccc6)ccc54)cc3)cc21. The third-order valence-corrected chi connectivity index (χ3v) is 14.4. The van der Waals surface area contributed by atoms with E-state index in [2.05, 4.69) is 246 Å². The number of fused-ring (bicyclic) bond motifs is 13. The highest BCUT2D eigenvalue weighted by Crippen LogP contribution is 2.50. The van der Waals surface area contributed by atoms with Gasteiger partial charge in [-0.15, -0.1) is 0 Å². The molecule has 4 nitrogen and oxygen atoms in total. The second-order valence-electron chi connectivity index (χ2n) is 18.4. The van der Waals surface area contributed by atoms with Crippen LogP contribution in [0.1, 0.15) is 41.8 Å². The van der Waals surface area contributed by atoms with Crippen LogP contribution >= 0.6 is 0 Å². The molecule has 12 aromatic rings. The van der Waals surface area contributed by atoms with E-state index in [-0.39, 0.29) is 5.41 Å². The molecule has 0 spiro atoms. The van der Waals surface area contributed by atoms with Crippen LogP contribution in [0.2, 0.25) is 0 Å². The Balaban J connectivity index is 0.886. The zero-order valence-electron chi connectivity index (χ0n) is 36.6. The average molecular weight is 843 g/mol. The number of para-hydroxylation sites is 2. The van der Waals surface area contributed by atoms with Crippen molar-refractivity contribution in [1.29, 1.82) is 0 Å². The molecule has 0 N–H and O–H groups in total. The quantitative estimate of drug-likeness (QED) is 0.170. The maximum Gasteiger partial charge on any atom is 0.220 e. The minimum absolute atomic E-state index is 0.0359. The standard InChI is InChI=1S/C62H42N4/c1-62(2)53-23-13-11-20-47(53)48-32-27-42(37-54(48)62)40-25-30-45(31-26-40)64-55-24-14-12-21-49(55)51-36-41(28-33-56(51)64)43-29-34-57-58(38-43)65(44-17-7-4-8-18-44)61-63-59-52(35-39-15-5-3-6-16-39)46-19-9-10-22-50(46)60(59)66(57)61/h3-38H,1-2H3/b52-35+. The number of nitrogens with zero attached hydrogens (tertiary/aromatic N) is 4. The van der Waals surface area contributed by atoms with Crippen LogP contribution in [-0.2, 0) is 5.41 Å². The Morgan fingerprint density at radius 2 is 1.00 bits per heavy atom. The van der Waals surface area contributed by atoms with Gasteiger partial charge < -0.3 is 4.57 Å². The summed E-state index contributed by atoms with van der Waals surface area (Å²) in [7, 11) is 0. The lowest BCUT2D eigenvalue weighted by atomic mass is 9.81. The van der Waals surface area contributed by atoms with Crippen molar-refractivity contribution in [2.75, 3.05) is 0 Å². The fourth-order valence-electron chi connectivity index (χ4n) is 11.3. The summed E-state index contributed by atoms with van der Waals surface area (Å²) in [6.07, 6.45) is 2.28. The Bertz CT molecular complexity index is 3990. The van der Waals surface area contributed by atoms with Gasteiger partial charge in [-0.2, -0.15) is 0 Å². The molecule has 0 aliphatic heterocycles. The van der Waals surface area contributed by atoms with E-state index >= 15 is 0 Å². The van der Waals surface area contributed by atoms with Gasteiger partial charge in [-0.05, 0) is 122 Å². The van der Waals surface area contributed by atoms with E-state index in [0.29, 0.717) is 0 Å². The number of rotatable bonds is 5. The van der Waals surface area contributed by atoms with Crippen LogP contribution < -0.4 is 0 Å². The summed E-state index contributed by atoms with van der Waals surface area (Å²) in [6, 6.07) is 77.6.